The van der Waals surface area contributed by atoms with Gasteiger partial charge in [-0.05, 0) is 63.2 Å². The highest BCUT2D eigenvalue weighted by Crippen LogP contribution is 2.58. The molecule has 0 atom stereocenters. The highest BCUT2D eigenvalue weighted by Gasteiger charge is 2.52. The van der Waals surface area contributed by atoms with E-state index in [1.54, 1.807) is 6.07 Å². The normalized spacial score (nSPS) is 37.9. The van der Waals surface area contributed by atoms with Gasteiger partial charge >= 0.3 is 0 Å². The van der Waals surface area contributed by atoms with Crippen LogP contribution in [0, 0.1) is 36.0 Å². The van der Waals surface area contributed by atoms with Gasteiger partial charge in [-0.25, -0.2) is 0 Å². The van der Waals surface area contributed by atoms with Gasteiger partial charge in [-0.1, -0.05) is 0 Å². The number of hydrogen-bond donors (Lipinski definition) is 0. The van der Waals surface area contributed by atoms with Gasteiger partial charge < -0.3 is 0 Å². The first-order valence-corrected chi connectivity index (χ1v) is 7.61. The summed E-state index contributed by atoms with van der Waals surface area (Å²) in [7, 11) is 0. The lowest BCUT2D eigenvalue weighted by molar-refractivity contribution is -0.0513. The van der Waals surface area contributed by atoms with E-state index >= 15 is 0 Å². The van der Waals surface area contributed by atoms with Gasteiger partial charge in [0.25, 0.3) is 0 Å². The van der Waals surface area contributed by atoms with Gasteiger partial charge in [-0.3, -0.25) is 9.48 Å². The molecule has 4 fully saturated rings. The summed E-state index contributed by atoms with van der Waals surface area (Å²) in [6.07, 6.45) is 7.68. The van der Waals surface area contributed by atoms with E-state index in [4.69, 9.17) is 5.26 Å². The molecule has 0 aromatic carbocycles. The Bertz CT molecular complexity index is 632. The van der Waals surface area contributed by atoms with Gasteiger partial charge in [0.2, 0.25) is 11.1 Å². The molecule has 4 nitrogen and oxygen atoms in total. The molecule has 4 saturated carbocycles. The molecule has 5 rings (SSSR count). The molecule has 1 heterocycles. The molecule has 0 unspecified atom stereocenters. The van der Waals surface area contributed by atoms with Gasteiger partial charge in [0.15, 0.2) is 0 Å². The summed E-state index contributed by atoms with van der Waals surface area (Å²) in [6.45, 7) is 1.95. The van der Waals surface area contributed by atoms with Crippen LogP contribution in [0.15, 0.2) is 10.9 Å². The molecule has 1 aromatic rings. The van der Waals surface area contributed by atoms with Crippen molar-refractivity contribution in [2.45, 2.75) is 51.0 Å². The van der Waals surface area contributed by atoms with Crippen LogP contribution in [-0.4, -0.2) is 9.78 Å². The average molecular weight is 269 g/mol. The lowest BCUT2D eigenvalue weighted by Crippen LogP contribution is -2.53. The minimum Gasteiger partial charge on any atom is -0.287 e. The van der Waals surface area contributed by atoms with Crippen molar-refractivity contribution in [2.75, 3.05) is 0 Å². The fraction of sp³-hybridized carbons (Fsp3) is 0.688. The van der Waals surface area contributed by atoms with Crippen LogP contribution in [0.25, 0.3) is 0 Å². The minimum atomic E-state index is -0.244. The second-order valence-corrected chi connectivity index (χ2v) is 7.16. The quantitative estimate of drug-likeness (QED) is 0.786. The Labute approximate surface area is 118 Å². The third-order valence-electron chi connectivity index (χ3n) is 5.67. The maximum Gasteiger partial charge on any atom is 0.218 e. The zero-order valence-corrected chi connectivity index (χ0v) is 11.8. The van der Waals surface area contributed by atoms with Crippen molar-refractivity contribution in [3.8, 4) is 6.07 Å². The molecule has 1 aromatic heterocycles. The third-order valence-corrected chi connectivity index (χ3v) is 5.67. The molecule has 0 amide bonds. The summed E-state index contributed by atoms with van der Waals surface area (Å²) < 4.78 is 2.04. The van der Waals surface area contributed by atoms with E-state index in [1.165, 1.54) is 38.5 Å². The Balaban J connectivity index is 1.85. The molecule has 20 heavy (non-hydrogen) atoms. The molecule has 4 bridgehead atoms. The van der Waals surface area contributed by atoms with Crippen molar-refractivity contribution >= 4 is 0 Å². The SMILES string of the molecule is Cc1cc(=O)c(C#N)nn1C12CC3CC(CC(C3)C1)C2. The summed E-state index contributed by atoms with van der Waals surface area (Å²) in [5.41, 5.74) is 0.797. The van der Waals surface area contributed by atoms with E-state index < -0.39 is 0 Å². The van der Waals surface area contributed by atoms with Crippen molar-refractivity contribution in [2.24, 2.45) is 17.8 Å². The second kappa shape index (κ2) is 3.94. The monoisotopic (exact) mass is 269 g/mol. The predicted molar refractivity (Wildman–Crippen MR) is 74.1 cm³/mol. The standard InChI is InChI=1S/C16H19N3O/c1-10-2-15(20)14(9-17)18-19(10)16-6-11-3-12(7-16)5-13(4-11)8-16/h2,11-13H,3-8H2,1H3. The Morgan fingerprint density at radius 2 is 1.80 bits per heavy atom. The molecule has 0 N–H and O–H groups in total. The number of hydrogen-bond acceptors (Lipinski definition) is 3. The van der Waals surface area contributed by atoms with Crippen LogP contribution in [0.4, 0.5) is 0 Å². The third kappa shape index (κ3) is 1.59. The topological polar surface area (TPSA) is 58.7 Å². The minimum absolute atomic E-state index is 0.0475. The predicted octanol–water partition coefficient (Wildman–Crippen LogP) is 2.35. The number of nitriles is 1. The summed E-state index contributed by atoms with van der Waals surface area (Å²) in [5, 5.41) is 13.5. The molecule has 0 spiro atoms. The van der Waals surface area contributed by atoms with Crippen molar-refractivity contribution < 1.29 is 0 Å². The Hall–Kier alpha value is -1.63. The Morgan fingerprint density at radius 3 is 2.30 bits per heavy atom. The summed E-state index contributed by atoms with van der Waals surface area (Å²) in [6, 6.07) is 3.54. The second-order valence-electron chi connectivity index (χ2n) is 7.16. The zero-order chi connectivity index (χ0) is 13.9. The fourth-order valence-corrected chi connectivity index (χ4v) is 5.43. The highest BCUT2D eigenvalue weighted by atomic mass is 16.1. The summed E-state index contributed by atoms with van der Waals surface area (Å²) >= 11 is 0. The maximum absolute atomic E-state index is 11.8. The van der Waals surface area contributed by atoms with Crippen LogP contribution in [0.2, 0.25) is 0 Å². The first-order valence-electron chi connectivity index (χ1n) is 7.61. The van der Waals surface area contributed by atoms with Crippen LogP contribution in [0.1, 0.15) is 49.9 Å². The van der Waals surface area contributed by atoms with Crippen molar-refractivity contribution in [3.63, 3.8) is 0 Å². The van der Waals surface area contributed by atoms with E-state index in [2.05, 4.69) is 5.10 Å². The molecular formula is C16H19N3O. The molecule has 4 heteroatoms. The van der Waals surface area contributed by atoms with E-state index in [0.29, 0.717) is 0 Å². The molecular weight excluding hydrogens is 250 g/mol. The maximum atomic E-state index is 11.8. The summed E-state index contributed by atoms with van der Waals surface area (Å²) in [5.74, 6) is 2.48. The number of nitrogens with zero attached hydrogens (tertiary/aromatic N) is 3. The Kier molecular flexibility index (Phi) is 2.39. The van der Waals surface area contributed by atoms with E-state index in [9.17, 15) is 4.79 Å². The summed E-state index contributed by atoms with van der Waals surface area (Å²) in [4.78, 5) is 11.8. The number of aromatic nitrogens is 2. The van der Waals surface area contributed by atoms with Gasteiger partial charge in [0.05, 0.1) is 5.54 Å². The van der Waals surface area contributed by atoms with Gasteiger partial charge in [0, 0.05) is 11.8 Å². The van der Waals surface area contributed by atoms with Gasteiger partial charge in [0.1, 0.15) is 6.07 Å². The molecule has 0 saturated heterocycles. The number of aryl methyl sites for hydroxylation is 1. The lowest BCUT2D eigenvalue weighted by Gasteiger charge is -2.57. The molecule has 0 aliphatic heterocycles. The largest absolute Gasteiger partial charge is 0.287 e. The van der Waals surface area contributed by atoms with E-state index in [-0.39, 0.29) is 16.7 Å². The van der Waals surface area contributed by atoms with Gasteiger partial charge in [-0.15, -0.1) is 0 Å². The van der Waals surface area contributed by atoms with Crippen molar-refractivity contribution in [1.82, 2.24) is 9.78 Å². The molecule has 104 valence electrons. The first kappa shape index (κ1) is 12.1. The average Bonchev–Trinajstić information content (AvgIpc) is 2.36. The molecule has 0 radical (unpaired) electrons. The smallest absolute Gasteiger partial charge is 0.218 e. The van der Waals surface area contributed by atoms with Gasteiger partial charge in [-0.2, -0.15) is 10.4 Å². The van der Waals surface area contributed by atoms with E-state index in [1.807, 2.05) is 17.7 Å². The van der Waals surface area contributed by atoms with Crippen LogP contribution >= 0.6 is 0 Å². The molecule has 4 aliphatic carbocycles. The Morgan fingerprint density at radius 1 is 1.25 bits per heavy atom. The van der Waals surface area contributed by atoms with Crippen molar-refractivity contribution in [1.29, 1.82) is 5.26 Å². The van der Waals surface area contributed by atoms with Crippen LogP contribution in [-0.2, 0) is 5.54 Å². The van der Waals surface area contributed by atoms with Crippen LogP contribution < -0.4 is 5.43 Å². The highest BCUT2D eigenvalue weighted by molar-refractivity contribution is 5.21. The zero-order valence-electron chi connectivity index (χ0n) is 11.8. The lowest BCUT2D eigenvalue weighted by atomic mass is 9.53. The van der Waals surface area contributed by atoms with E-state index in [0.717, 1.165) is 23.4 Å². The van der Waals surface area contributed by atoms with Crippen molar-refractivity contribution in [3.05, 3.63) is 27.7 Å². The fourth-order valence-electron chi connectivity index (χ4n) is 5.43. The van der Waals surface area contributed by atoms with Crippen LogP contribution in [0.5, 0.6) is 0 Å². The first-order chi connectivity index (χ1) is 9.59. The molecule has 4 aliphatic rings. The number of rotatable bonds is 1. The van der Waals surface area contributed by atoms with Crippen LogP contribution in [0.3, 0.4) is 0 Å².